The summed E-state index contributed by atoms with van der Waals surface area (Å²) in [4.78, 5) is 10.1. The van der Waals surface area contributed by atoms with E-state index in [2.05, 4.69) is 12.6 Å². The molecule has 0 amide bonds. The third-order valence-electron chi connectivity index (χ3n) is 2.29. The summed E-state index contributed by atoms with van der Waals surface area (Å²) in [5.74, 6) is 0.368. The number of nitro benzene ring substituents is 1. The third-order valence-corrected chi connectivity index (χ3v) is 2.79. The number of aliphatic hydroxyl groups is 2. The minimum Gasteiger partial charge on any atom is -0.390 e. The van der Waals surface area contributed by atoms with E-state index in [0.717, 1.165) is 0 Å². The molecule has 2 N–H and O–H groups in total. The summed E-state index contributed by atoms with van der Waals surface area (Å²) in [6, 6.07) is 3.85. The number of hydrogen-bond acceptors (Lipinski definition) is 5. The van der Waals surface area contributed by atoms with E-state index in [4.69, 9.17) is 11.6 Å². The molecular weight excluding hydrogens is 266 g/mol. The highest BCUT2D eigenvalue weighted by Crippen LogP contribution is 2.30. The molecule has 2 atom stereocenters. The molecule has 7 heteroatoms. The second kappa shape index (κ2) is 6.20. The molecule has 2 unspecified atom stereocenters. The Morgan fingerprint density at radius 3 is 2.65 bits per heavy atom. The maximum absolute atomic E-state index is 10.8. The van der Waals surface area contributed by atoms with Crippen molar-refractivity contribution in [2.45, 2.75) is 18.6 Å². The first kappa shape index (κ1) is 14.2. The number of halogens is 1. The van der Waals surface area contributed by atoms with Crippen LogP contribution in [0.25, 0.3) is 0 Å². The molecule has 5 nitrogen and oxygen atoms in total. The van der Waals surface area contributed by atoms with Gasteiger partial charge >= 0.3 is 0 Å². The Kier molecular flexibility index (Phi) is 5.20. The van der Waals surface area contributed by atoms with Crippen LogP contribution in [-0.4, -0.2) is 27.0 Å². The smallest absolute Gasteiger partial charge is 0.275 e. The fourth-order valence-electron chi connectivity index (χ4n) is 1.43. The van der Waals surface area contributed by atoms with Crippen molar-refractivity contribution >= 4 is 29.9 Å². The Labute approximate surface area is 109 Å². The molecule has 1 aromatic rings. The molecule has 0 aliphatic rings. The first-order valence-electron chi connectivity index (χ1n) is 4.88. The summed E-state index contributed by atoms with van der Waals surface area (Å²) in [6.45, 7) is 0. The number of thiol groups is 1. The van der Waals surface area contributed by atoms with Crippen molar-refractivity contribution in [1.82, 2.24) is 0 Å². The summed E-state index contributed by atoms with van der Waals surface area (Å²) in [7, 11) is 0. The molecule has 0 fully saturated rings. The number of nitro groups is 1. The maximum Gasteiger partial charge on any atom is 0.275 e. The van der Waals surface area contributed by atoms with Gasteiger partial charge in [-0.2, -0.15) is 12.6 Å². The van der Waals surface area contributed by atoms with E-state index in [-0.39, 0.29) is 22.7 Å². The highest BCUT2D eigenvalue weighted by Gasteiger charge is 2.26. The zero-order valence-corrected chi connectivity index (χ0v) is 10.4. The van der Waals surface area contributed by atoms with Crippen LogP contribution in [0, 0.1) is 10.1 Å². The molecule has 0 aliphatic carbocycles. The maximum atomic E-state index is 10.8. The van der Waals surface area contributed by atoms with Crippen molar-refractivity contribution < 1.29 is 15.1 Å². The van der Waals surface area contributed by atoms with E-state index in [0.29, 0.717) is 5.75 Å². The second-order valence-corrected chi connectivity index (χ2v) is 4.37. The van der Waals surface area contributed by atoms with E-state index in [1.165, 1.54) is 18.2 Å². The number of nitrogens with zero attached hydrogens (tertiary/aromatic N) is 1. The lowest BCUT2D eigenvalue weighted by atomic mass is 10.0. The third kappa shape index (κ3) is 3.57. The first-order valence-corrected chi connectivity index (χ1v) is 5.89. The van der Waals surface area contributed by atoms with E-state index in [1.807, 2.05) is 0 Å². The molecule has 0 aliphatic heterocycles. The Morgan fingerprint density at radius 2 is 2.12 bits per heavy atom. The molecule has 0 saturated heterocycles. The van der Waals surface area contributed by atoms with Gasteiger partial charge in [0.15, 0.2) is 0 Å². The Morgan fingerprint density at radius 1 is 1.47 bits per heavy atom. The summed E-state index contributed by atoms with van der Waals surface area (Å²) in [5.41, 5.74) is -0.253. The van der Waals surface area contributed by atoms with Gasteiger partial charge in [0.05, 0.1) is 16.6 Å². The monoisotopic (exact) mass is 277 g/mol. The molecule has 1 aromatic carbocycles. The molecule has 17 heavy (non-hydrogen) atoms. The molecule has 0 heterocycles. The van der Waals surface area contributed by atoms with E-state index >= 15 is 0 Å². The number of hydrogen-bond donors (Lipinski definition) is 3. The molecule has 0 radical (unpaired) electrons. The van der Waals surface area contributed by atoms with E-state index in [1.54, 1.807) is 0 Å². The highest BCUT2D eigenvalue weighted by atomic mass is 35.5. The molecule has 0 bridgehead atoms. The molecule has 94 valence electrons. The highest BCUT2D eigenvalue weighted by molar-refractivity contribution is 7.80. The predicted octanol–water partition coefficient (Wildman–Crippen LogP) is 1.96. The van der Waals surface area contributed by atoms with Crippen molar-refractivity contribution in [2.24, 2.45) is 0 Å². The molecule has 0 saturated carbocycles. The van der Waals surface area contributed by atoms with Gasteiger partial charge < -0.3 is 10.2 Å². The summed E-state index contributed by atoms with van der Waals surface area (Å²) >= 11 is 9.64. The van der Waals surface area contributed by atoms with Crippen molar-refractivity contribution in [3.8, 4) is 0 Å². The van der Waals surface area contributed by atoms with Gasteiger partial charge in [-0.3, -0.25) is 10.1 Å². The van der Waals surface area contributed by atoms with Crippen LogP contribution in [-0.2, 0) is 0 Å². The Bertz CT molecular complexity index is 415. The lowest BCUT2D eigenvalue weighted by molar-refractivity contribution is -0.386. The minimum atomic E-state index is -1.35. The normalized spacial score (nSPS) is 14.4. The Hall–Kier alpha value is -0.820. The number of rotatable bonds is 5. The largest absolute Gasteiger partial charge is 0.390 e. The lowest BCUT2D eigenvalue weighted by Gasteiger charge is -2.17. The van der Waals surface area contributed by atoms with Crippen molar-refractivity contribution in [3.05, 3.63) is 38.9 Å². The van der Waals surface area contributed by atoms with Crippen LogP contribution in [0.3, 0.4) is 0 Å². The van der Waals surface area contributed by atoms with Gasteiger partial charge in [0.2, 0.25) is 0 Å². The molecule has 1 rings (SSSR count). The van der Waals surface area contributed by atoms with Crippen LogP contribution in [0.1, 0.15) is 18.1 Å². The molecular formula is C10H12ClNO4S. The second-order valence-electron chi connectivity index (χ2n) is 3.48. The fraction of sp³-hybridized carbons (Fsp3) is 0.400. The van der Waals surface area contributed by atoms with Gasteiger partial charge in [0.25, 0.3) is 5.69 Å². The molecule has 0 aromatic heterocycles. The van der Waals surface area contributed by atoms with Gasteiger partial charge in [-0.15, -0.1) is 0 Å². The van der Waals surface area contributed by atoms with Gasteiger partial charge in [-0.05, 0) is 24.3 Å². The van der Waals surface area contributed by atoms with Crippen LogP contribution in [0.15, 0.2) is 18.2 Å². The van der Waals surface area contributed by atoms with E-state index in [9.17, 15) is 20.3 Å². The zero-order chi connectivity index (χ0) is 13.0. The first-order chi connectivity index (χ1) is 7.97. The SMILES string of the molecule is O=[N+]([O-])c1ccc(Cl)cc1C(O)C(O)CCS. The van der Waals surface area contributed by atoms with Gasteiger partial charge in [0.1, 0.15) is 6.10 Å². The minimum absolute atomic E-state index is 0.0109. The summed E-state index contributed by atoms with van der Waals surface area (Å²) < 4.78 is 0. The van der Waals surface area contributed by atoms with Crippen LogP contribution in [0.4, 0.5) is 5.69 Å². The lowest BCUT2D eigenvalue weighted by Crippen LogP contribution is -2.19. The van der Waals surface area contributed by atoms with Crippen molar-refractivity contribution in [2.75, 3.05) is 5.75 Å². The predicted molar refractivity (Wildman–Crippen MR) is 67.5 cm³/mol. The van der Waals surface area contributed by atoms with Gasteiger partial charge in [-0.25, -0.2) is 0 Å². The van der Waals surface area contributed by atoms with Crippen molar-refractivity contribution in [3.63, 3.8) is 0 Å². The average molecular weight is 278 g/mol. The van der Waals surface area contributed by atoms with Crippen molar-refractivity contribution in [1.29, 1.82) is 0 Å². The average Bonchev–Trinajstić information content (AvgIpc) is 2.27. The summed E-state index contributed by atoms with van der Waals surface area (Å²) in [5, 5.41) is 30.5. The van der Waals surface area contributed by atoms with E-state index < -0.39 is 17.1 Å². The summed E-state index contributed by atoms with van der Waals surface area (Å²) in [6.07, 6.45) is -2.22. The van der Waals surface area contributed by atoms with Crippen LogP contribution in [0.5, 0.6) is 0 Å². The van der Waals surface area contributed by atoms with Crippen LogP contribution >= 0.6 is 24.2 Å². The zero-order valence-electron chi connectivity index (χ0n) is 8.78. The number of benzene rings is 1. The number of aliphatic hydroxyl groups excluding tert-OH is 2. The fourth-order valence-corrected chi connectivity index (χ4v) is 1.87. The van der Waals surface area contributed by atoms with Crippen LogP contribution in [0.2, 0.25) is 5.02 Å². The topological polar surface area (TPSA) is 83.6 Å². The van der Waals surface area contributed by atoms with Gasteiger partial charge in [0, 0.05) is 11.1 Å². The quantitative estimate of drug-likeness (QED) is 0.436. The standard InChI is InChI=1S/C10H12ClNO4S/c11-6-1-2-8(12(15)16)7(5-6)10(14)9(13)3-4-17/h1-2,5,9-10,13-14,17H,3-4H2. The molecule has 0 spiro atoms. The van der Waals surface area contributed by atoms with Gasteiger partial charge in [-0.1, -0.05) is 11.6 Å². The van der Waals surface area contributed by atoms with Crippen LogP contribution < -0.4 is 0 Å². The Balaban J connectivity index is 3.10.